The van der Waals surface area contributed by atoms with E-state index in [4.69, 9.17) is 9.84 Å². The van der Waals surface area contributed by atoms with Crippen LogP contribution in [0.2, 0.25) is 0 Å². The van der Waals surface area contributed by atoms with E-state index in [1.807, 2.05) is 0 Å². The van der Waals surface area contributed by atoms with Crippen molar-refractivity contribution < 1.29 is 19.4 Å². The first-order chi connectivity index (χ1) is 9.66. The van der Waals surface area contributed by atoms with E-state index in [9.17, 15) is 9.59 Å². The van der Waals surface area contributed by atoms with Gasteiger partial charge < -0.3 is 20.5 Å². The highest BCUT2D eigenvalue weighted by Gasteiger charge is 2.20. The number of aromatic carboxylic acids is 1. The normalized spacial score (nSPS) is 13.8. The molecule has 20 heavy (non-hydrogen) atoms. The fraction of sp³-hybridized carbons (Fsp3) is 0.462. The van der Waals surface area contributed by atoms with Gasteiger partial charge in [0.2, 0.25) is 0 Å². The quantitative estimate of drug-likeness (QED) is 0.654. The van der Waals surface area contributed by atoms with E-state index in [-0.39, 0.29) is 11.4 Å². The topological polar surface area (TPSA) is 101 Å². The van der Waals surface area contributed by atoms with E-state index in [1.165, 1.54) is 25.1 Å². The summed E-state index contributed by atoms with van der Waals surface area (Å²) in [4.78, 5) is 26.2. The van der Waals surface area contributed by atoms with Gasteiger partial charge in [-0.3, -0.25) is 0 Å². The highest BCUT2D eigenvalue weighted by Crippen LogP contribution is 2.28. The number of carboxylic acid groups (broad SMARTS) is 1. The molecule has 2 amide bonds. The van der Waals surface area contributed by atoms with Crippen molar-refractivity contribution >= 4 is 17.7 Å². The van der Waals surface area contributed by atoms with Crippen LogP contribution in [-0.2, 0) is 4.74 Å². The van der Waals surface area contributed by atoms with Gasteiger partial charge in [-0.05, 0) is 30.9 Å². The number of hydrogen-bond donors (Lipinski definition) is 3. The molecular formula is C13H17N3O4. The second kappa shape index (κ2) is 6.85. The maximum atomic E-state index is 11.6. The van der Waals surface area contributed by atoms with E-state index in [0.29, 0.717) is 19.1 Å². The van der Waals surface area contributed by atoms with Crippen molar-refractivity contribution in [1.82, 2.24) is 10.3 Å². The second-order valence-corrected chi connectivity index (χ2v) is 4.60. The number of nitrogens with one attached hydrogen (secondary N) is 2. The maximum Gasteiger partial charge on any atom is 0.356 e. The molecule has 7 nitrogen and oxygen atoms in total. The SMILES string of the molecule is O=C(NCCOCC1CC1)Nc1cccnc1C(=O)O. The Bertz CT molecular complexity index is 488. The van der Waals surface area contributed by atoms with Gasteiger partial charge in [-0.15, -0.1) is 0 Å². The number of rotatable bonds is 7. The van der Waals surface area contributed by atoms with Gasteiger partial charge in [0.05, 0.1) is 12.3 Å². The Kier molecular flexibility index (Phi) is 4.89. The van der Waals surface area contributed by atoms with Crippen LogP contribution in [0.1, 0.15) is 23.3 Å². The first-order valence-corrected chi connectivity index (χ1v) is 6.47. The van der Waals surface area contributed by atoms with Crippen molar-refractivity contribution in [2.24, 2.45) is 5.92 Å². The zero-order valence-electron chi connectivity index (χ0n) is 11.0. The Morgan fingerprint density at radius 2 is 2.25 bits per heavy atom. The lowest BCUT2D eigenvalue weighted by molar-refractivity contribution is 0.0691. The number of urea groups is 1. The summed E-state index contributed by atoms with van der Waals surface area (Å²) in [6.45, 7) is 1.57. The van der Waals surface area contributed by atoms with E-state index in [0.717, 1.165) is 6.61 Å². The van der Waals surface area contributed by atoms with Crippen molar-refractivity contribution in [3.63, 3.8) is 0 Å². The standard InChI is InChI=1S/C13H17N3O4/c17-12(18)11-10(2-1-5-14-11)16-13(19)15-6-7-20-8-9-3-4-9/h1-2,5,9H,3-4,6-8H2,(H,17,18)(H2,15,16,19). The summed E-state index contributed by atoms with van der Waals surface area (Å²) in [5.41, 5.74) is -0.0240. The smallest absolute Gasteiger partial charge is 0.356 e. The first kappa shape index (κ1) is 14.3. The van der Waals surface area contributed by atoms with Gasteiger partial charge in [-0.25, -0.2) is 14.6 Å². The molecule has 1 aliphatic rings. The number of aromatic nitrogens is 1. The number of anilines is 1. The molecule has 0 bridgehead atoms. The number of nitrogens with zero attached hydrogens (tertiary/aromatic N) is 1. The maximum absolute atomic E-state index is 11.6. The zero-order chi connectivity index (χ0) is 14.4. The third-order valence-electron chi connectivity index (χ3n) is 2.84. The van der Waals surface area contributed by atoms with Crippen molar-refractivity contribution in [1.29, 1.82) is 0 Å². The number of amides is 2. The lowest BCUT2D eigenvalue weighted by Gasteiger charge is -2.09. The van der Waals surface area contributed by atoms with E-state index in [2.05, 4.69) is 15.6 Å². The van der Waals surface area contributed by atoms with Crippen LogP contribution in [0.5, 0.6) is 0 Å². The highest BCUT2D eigenvalue weighted by atomic mass is 16.5. The summed E-state index contributed by atoms with van der Waals surface area (Å²) in [5.74, 6) is -0.494. The van der Waals surface area contributed by atoms with Gasteiger partial charge in [0.25, 0.3) is 0 Å². The molecule has 0 atom stereocenters. The van der Waals surface area contributed by atoms with E-state index >= 15 is 0 Å². The van der Waals surface area contributed by atoms with Crippen molar-refractivity contribution in [2.75, 3.05) is 25.1 Å². The average Bonchev–Trinajstić information content (AvgIpc) is 3.23. The Balaban J connectivity index is 1.71. The van der Waals surface area contributed by atoms with Crippen LogP contribution in [-0.4, -0.2) is 41.8 Å². The molecule has 2 rings (SSSR count). The van der Waals surface area contributed by atoms with Crippen LogP contribution in [0.15, 0.2) is 18.3 Å². The van der Waals surface area contributed by atoms with Crippen molar-refractivity contribution in [2.45, 2.75) is 12.8 Å². The Labute approximate surface area is 116 Å². The number of hydrogen-bond acceptors (Lipinski definition) is 4. The summed E-state index contributed by atoms with van der Waals surface area (Å²) in [6.07, 6.45) is 3.82. The third-order valence-corrected chi connectivity index (χ3v) is 2.84. The summed E-state index contributed by atoms with van der Waals surface area (Å²) in [6, 6.07) is 2.57. The minimum Gasteiger partial charge on any atom is -0.476 e. The summed E-state index contributed by atoms with van der Waals surface area (Å²) in [7, 11) is 0. The average molecular weight is 279 g/mol. The van der Waals surface area contributed by atoms with E-state index in [1.54, 1.807) is 6.07 Å². The van der Waals surface area contributed by atoms with Crippen LogP contribution in [0, 0.1) is 5.92 Å². The Morgan fingerprint density at radius 1 is 1.45 bits per heavy atom. The number of carbonyl (C=O) groups excluding carboxylic acids is 1. The molecule has 108 valence electrons. The minimum absolute atomic E-state index is 0.163. The molecule has 3 N–H and O–H groups in total. The molecule has 0 radical (unpaired) electrons. The molecule has 0 aromatic carbocycles. The van der Waals surface area contributed by atoms with Crippen molar-refractivity contribution in [3.8, 4) is 0 Å². The monoisotopic (exact) mass is 279 g/mol. The summed E-state index contributed by atoms with van der Waals surface area (Å²) in [5, 5.41) is 14.0. The fourth-order valence-electron chi connectivity index (χ4n) is 1.61. The fourth-order valence-corrected chi connectivity index (χ4v) is 1.61. The van der Waals surface area contributed by atoms with Crippen LogP contribution >= 0.6 is 0 Å². The van der Waals surface area contributed by atoms with Gasteiger partial charge in [0.1, 0.15) is 0 Å². The minimum atomic E-state index is -1.19. The molecule has 1 aromatic heterocycles. The molecule has 1 aliphatic carbocycles. The molecule has 7 heteroatoms. The van der Waals surface area contributed by atoms with E-state index < -0.39 is 12.0 Å². The number of carboxylic acids is 1. The zero-order valence-corrected chi connectivity index (χ0v) is 11.0. The van der Waals surface area contributed by atoms with Crippen LogP contribution in [0.4, 0.5) is 10.5 Å². The van der Waals surface area contributed by atoms with Gasteiger partial charge in [-0.1, -0.05) is 0 Å². The predicted molar refractivity (Wildman–Crippen MR) is 71.8 cm³/mol. The lowest BCUT2D eigenvalue weighted by atomic mass is 10.3. The lowest BCUT2D eigenvalue weighted by Crippen LogP contribution is -2.32. The van der Waals surface area contributed by atoms with Gasteiger partial charge in [0.15, 0.2) is 5.69 Å². The van der Waals surface area contributed by atoms with Gasteiger partial charge in [0, 0.05) is 19.3 Å². The Hall–Kier alpha value is -2.15. The molecule has 0 aliphatic heterocycles. The molecule has 1 heterocycles. The predicted octanol–water partition coefficient (Wildman–Crippen LogP) is 1.33. The highest BCUT2D eigenvalue weighted by molar-refractivity contribution is 5.98. The molecule has 0 saturated heterocycles. The molecular weight excluding hydrogens is 262 g/mol. The van der Waals surface area contributed by atoms with Crippen LogP contribution in [0.3, 0.4) is 0 Å². The largest absolute Gasteiger partial charge is 0.476 e. The van der Waals surface area contributed by atoms with Crippen LogP contribution in [0.25, 0.3) is 0 Å². The van der Waals surface area contributed by atoms with Crippen molar-refractivity contribution in [3.05, 3.63) is 24.0 Å². The molecule has 1 fully saturated rings. The molecule has 0 unspecified atom stereocenters. The van der Waals surface area contributed by atoms with Crippen LogP contribution < -0.4 is 10.6 Å². The number of pyridine rings is 1. The number of ether oxygens (including phenoxy) is 1. The van der Waals surface area contributed by atoms with Gasteiger partial charge >= 0.3 is 12.0 Å². The molecule has 1 aromatic rings. The first-order valence-electron chi connectivity index (χ1n) is 6.47. The third kappa shape index (κ3) is 4.51. The summed E-state index contributed by atoms with van der Waals surface area (Å²) >= 11 is 0. The second-order valence-electron chi connectivity index (χ2n) is 4.60. The Morgan fingerprint density at radius 3 is 2.95 bits per heavy atom. The molecule has 1 saturated carbocycles. The summed E-state index contributed by atoms with van der Waals surface area (Å²) < 4.78 is 5.37. The number of carbonyl (C=O) groups is 2. The van der Waals surface area contributed by atoms with Gasteiger partial charge in [-0.2, -0.15) is 0 Å². The molecule has 0 spiro atoms.